The number of rotatable bonds is 5. The quantitative estimate of drug-likeness (QED) is 0.434. The molecule has 1 unspecified atom stereocenters. The number of ether oxygens (including phenoxy) is 4. The largest absolute Gasteiger partial charge is 0.456 e. The molecule has 26 heavy (non-hydrogen) atoms. The molecule has 0 bridgehead atoms. The highest BCUT2D eigenvalue weighted by atomic mass is 16.7. The van der Waals surface area contributed by atoms with Gasteiger partial charge in [0.25, 0.3) is 0 Å². The van der Waals surface area contributed by atoms with Gasteiger partial charge in [-0.2, -0.15) is 0 Å². The Kier molecular flexibility index (Phi) is 5.24. The maximum Gasteiger partial charge on any atom is 0.305 e. The molecule has 0 N–H and O–H groups in total. The van der Waals surface area contributed by atoms with E-state index in [-0.39, 0.29) is 6.04 Å². The van der Waals surface area contributed by atoms with Gasteiger partial charge in [0.15, 0.2) is 6.10 Å². The van der Waals surface area contributed by atoms with Crippen LogP contribution in [0.1, 0.15) is 26.3 Å². The zero-order chi connectivity index (χ0) is 18.8. The van der Waals surface area contributed by atoms with E-state index in [4.69, 9.17) is 18.9 Å². The van der Waals surface area contributed by atoms with Crippen molar-refractivity contribution in [3.05, 3.63) is 35.9 Å². The van der Waals surface area contributed by atoms with E-state index in [0.29, 0.717) is 6.54 Å². The lowest BCUT2D eigenvalue weighted by Crippen LogP contribution is -2.53. The highest BCUT2D eigenvalue weighted by Crippen LogP contribution is 2.43. The molecule has 1 aromatic carbocycles. The summed E-state index contributed by atoms with van der Waals surface area (Å²) in [5, 5.41) is 0. The van der Waals surface area contributed by atoms with E-state index >= 15 is 0 Å². The molecule has 2 heterocycles. The maximum atomic E-state index is 11.6. The predicted molar refractivity (Wildman–Crippen MR) is 87.3 cm³/mol. The fraction of sp³-hybridized carbons (Fsp3) is 0.500. The van der Waals surface area contributed by atoms with Gasteiger partial charge in [-0.25, -0.2) is 0 Å². The molecule has 0 spiro atoms. The molecular weight excluding hydrogens is 342 g/mol. The summed E-state index contributed by atoms with van der Waals surface area (Å²) in [4.78, 5) is 36.4. The van der Waals surface area contributed by atoms with E-state index in [1.807, 2.05) is 35.2 Å². The van der Waals surface area contributed by atoms with Gasteiger partial charge in [0.2, 0.25) is 12.4 Å². The lowest BCUT2D eigenvalue weighted by molar-refractivity contribution is -0.247. The monoisotopic (exact) mass is 363 g/mol. The second kappa shape index (κ2) is 7.43. The Hall–Kier alpha value is -2.45. The van der Waals surface area contributed by atoms with Crippen molar-refractivity contribution < 1.29 is 33.3 Å². The van der Waals surface area contributed by atoms with Crippen molar-refractivity contribution in [3.8, 4) is 0 Å². The van der Waals surface area contributed by atoms with Crippen LogP contribution in [-0.2, 0) is 39.9 Å². The molecule has 140 valence electrons. The molecule has 0 radical (unpaired) electrons. The van der Waals surface area contributed by atoms with Crippen LogP contribution in [0.5, 0.6) is 0 Å². The lowest BCUT2D eigenvalue weighted by atomic mass is 10.1. The zero-order valence-corrected chi connectivity index (χ0v) is 14.8. The molecular formula is C18H21NO7. The summed E-state index contributed by atoms with van der Waals surface area (Å²) in [5.41, 5.74) is 1.06. The molecule has 3 rings (SSSR count). The summed E-state index contributed by atoms with van der Waals surface area (Å²) >= 11 is 0. The number of carbonyl (C=O) groups excluding carboxylic acids is 3. The van der Waals surface area contributed by atoms with Crippen molar-refractivity contribution in [1.29, 1.82) is 0 Å². The third kappa shape index (κ3) is 4.03. The van der Waals surface area contributed by atoms with Crippen LogP contribution >= 0.6 is 0 Å². The number of esters is 3. The van der Waals surface area contributed by atoms with E-state index in [2.05, 4.69) is 0 Å². The molecule has 6 atom stereocenters. The number of hydrogen-bond acceptors (Lipinski definition) is 8. The first-order valence-electron chi connectivity index (χ1n) is 8.33. The van der Waals surface area contributed by atoms with E-state index < -0.39 is 42.6 Å². The molecule has 8 heteroatoms. The Morgan fingerprint density at radius 2 is 1.50 bits per heavy atom. The van der Waals surface area contributed by atoms with Crippen molar-refractivity contribution >= 4 is 17.9 Å². The summed E-state index contributed by atoms with van der Waals surface area (Å²) < 4.78 is 21.6. The van der Waals surface area contributed by atoms with Crippen LogP contribution in [-0.4, -0.2) is 53.6 Å². The topological polar surface area (TPSA) is 91.1 Å². The first kappa shape index (κ1) is 18.3. The first-order chi connectivity index (χ1) is 12.4. The first-order valence-corrected chi connectivity index (χ1v) is 8.33. The van der Waals surface area contributed by atoms with Gasteiger partial charge in [0.1, 0.15) is 6.23 Å². The second-order valence-corrected chi connectivity index (χ2v) is 6.30. The fourth-order valence-corrected chi connectivity index (χ4v) is 3.24. The van der Waals surface area contributed by atoms with E-state index in [1.165, 1.54) is 20.8 Å². The van der Waals surface area contributed by atoms with E-state index in [0.717, 1.165) is 5.56 Å². The number of fused-ring (bicyclic) bond motifs is 1. The predicted octanol–water partition coefficient (Wildman–Crippen LogP) is 0.980. The standard InChI is InChI=1S/C18H21NO7/c1-10(20)23-15-14-17(19(14)9-13-7-5-4-6-8-13)26-18(25-12(3)22)16(15)24-11(2)21/h4-8,14-18H,9H2,1-3H3/t14-,15-,16+,17+,18+,19?/m1/s1. The average molecular weight is 363 g/mol. The van der Waals surface area contributed by atoms with Gasteiger partial charge in [-0.15, -0.1) is 0 Å². The summed E-state index contributed by atoms with van der Waals surface area (Å²) in [6, 6.07) is 9.43. The molecule has 0 saturated carbocycles. The molecule has 2 aliphatic rings. The summed E-state index contributed by atoms with van der Waals surface area (Å²) in [5.74, 6) is -1.68. The fourth-order valence-electron chi connectivity index (χ4n) is 3.24. The third-order valence-corrected chi connectivity index (χ3v) is 4.21. The van der Waals surface area contributed by atoms with Crippen molar-refractivity contribution in [2.75, 3.05) is 0 Å². The van der Waals surface area contributed by atoms with Crippen LogP contribution in [0, 0.1) is 0 Å². The number of carbonyl (C=O) groups is 3. The molecule has 0 aliphatic carbocycles. The van der Waals surface area contributed by atoms with Gasteiger partial charge in [-0.1, -0.05) is 30.3 Å². The van der Waals surface area contributed by atoms with Crippen LogP contribution in [0.3, 0.4) is 0 Å². The minimum atomic E-state index is -1.14. The minimum absolute atomic E-state index is 0.282. The van der Waals surface area contributed by atoms with Crippen molar-refractivity contribution in [2.24, 2.45) is 0 Å². The normalized spacial score (nSPS) is 32.1. The Morgan fingerprint density at radius 1 is 0.923 bits per heavy atom. The van der Waals surface area contributed by atoms with Gasteiger partial charge in [-0.3, -0.25) is 19.3 Å². The molecule has 8 nitrogen and oxygen atoms in total. The Labute approximate surface area is 150 Å². The summed E-state index contributed by atoms with van der Waals surface area (Å²) in [6.07, 6.45) is -3.34. The molecule has 2 aliphatic heterocycles. The zero-order valence-electron chi connectivity index (χ0n) is 14.8. The molecule has 2 saturated heterocycles. The molecule has 0 aromatic heterocycles. The Balaban J connectivity index is 1.82. The average Bonchev–Trinajstić information content (AvgIpc) is 3.22. The van der Waals surface area contributed by atoms with E-state index in [9.17, 15) is 14.4 Å². The van der Waals surface area contributed by atoms with Crippen LogP contribution in [0.25, 0.3) is 0 Å². The van der Waals surface area contributed by atoms with Crippen molar-refractivity contribution in [1.82, 2.24) is 4.90 Å². The smallest absolute Gasteiger partial charge is 0.305 e. The SMILES string of the molecule is CC(=O)O[C@H]1O[C@H]2[C@@H]([C@@H](OC(C)=O)[C@@H]1OC(C)=O)N2Cc1ccccc1. The van der Waals surface area contributed by atoms with Crippen LogP contribution in [0.4, 0.5) is 0 Å². The third-order valence-electron chi connectivity index (χ3n) is 4.21. The Morgan fingerprint density at radius 3 is 2.08 bits per heavy atom. The number of nitrogens with zero attached hydrogens (tertiary/aromatic N) is 1. The van der Waals surface area contributed by atoms with Crippen LogP contribution in [0.2, 0.25) is 0 Å². The Bertz CT molecular complexity index is 692. The van der Waals surface area contributed by atoms with Gasteiger partial charge in [-0.05, 0) is 5.56 Å². The summed E-state index contributed by atoms with van der Waals surface area (Å²) in [6.45, 7) is 4.31. The van der Waals surface area contributed by atoms with Crippen molar-refractivity contribution in [2.45, 2.75) is 58.1 Å². The highest BCUT2D eigenvalue weighted by Gasteiger charge is 2.64. The molecule has 1 aromatic rings. The molecule has 0 amide bonds. The molecule has 2 fully saturated rings. The minimum Gasteiger partial charge on any atom is -0.456 e. The van der Waals surface area contributed by atoms with Crippen molar-refractivity contribution in [3.63, 3.8) is 0 Å². The number of benzene rings is 1. The highest BCUT2D eigenvalue weighted by molar-refractivity contribution is 5.68. The van der Waals surface area contributed by atoms with Crippen LogP contribution < -0.4 is 0 Å². The van der Waals surface area contributed by atoms with Gasteiger partial charge in [0, 0.05) is 27.3 Å². The number of hydrogen-bond donors (Lipinski definition) is 0. The summed E-state index contributed by atoms with van der Waals surface area (Å²) in [7, 11) is 0. The van der Waals surface area contributed by atoms with Gasteiger partial charge < -0.3 is 18.9 Å². The second-order valence-electron chi connectivity index (χ2n) is 6.30. The maximum absolute atomic E-state index is 11.6. The van der Waals surface area contributed by atoms with E-state index in [1.54, 1.807) is 0 Å². The van der Waals surface area contributed by atoms with Crippen LogP contribution in [0.15, 0.2) is 30.3 Å². The lowest BCUT2D eigenvalue weighted by Gasteiger charge is -2.34. The van der Waals surface area contributed by atoms with Gasteiger partial charge in [0.05, 0.1) is 6.04 Å². The van der Waals surface area contributed by atoms with Gasteiger partial charge >= 0.3 is 17.9 Å².